The second-order valence-electron chi connectivity index (χ2n) is 5.56. The average molecular weight is 303 g/mol. The Morgan fingerprint density at radius 1 is 1.09 bits per heavy atom. The van der Waals surface area contributed by atoms with E-state index in [4.69, 9.17) is 0 Å². The van der Waals surface area contributed by atoms with Gasteiger partial charge in [-0.1, -0.05) is 12.1 Å². The van der Waals surface area contributed by atoms with Crippen LogP contribution in [-0.2, 0) is 11.2 Å². The first kappa shape index (κ1) is 16.3. The number of carbonyl (C=O) groups excluding carboxylic acids is 2. The van der Waals surface area contributed by atoms with Crippen LogP contribution in [0.1, 0.15) is 32.3 Å². The summed E-state index contributed by atoms with van der Waals surface area (Å²) in [6.07, 6.45) is 2.66. The van der Waals surface area contributed by atoms with Crippen molar-refractivity contribution in [2.75, 3.05) is 31.5 Å². The number of likely N-dealkylation sites (tertiary alicyclic amines) is 1. The summed E-state index contributed by atoms with van der Waals surface area (Å²) in [5.41, 5.74) is 1.74. The highest BCUT2D eigenvalue weighted by atomic mass is 16.2. The molecule has 0 unspecified atom stereocenters. The van der Waals surface area contributed by atoms with Crippen LogP contribution in [0.3, 0.4) is 0 Å². The molecular formula is C17H25N3O2. The zero-order valence-electron chi connectivity index (χ0n) is 13.5. The van der Waals surface area contributed by atoms with Gasteiger partial charge in [-0.05, 0) is 44.4 Å². The molecule has 5 heteroatoms. The minimum Gasteiger partial charge on any atom is -0.342 e. The lowest BCUT2D eigenvalue weighted by Gasteiger charge is -2.19. The van der Waals surface area contributed by atoms with Crippen molar-refractivity contribution in [1.29, 1.82) is 0 Å². The van der Waals surface area contributed by atoms with Crippen molar-refractivity contribution in [2.24, 2.45) is 0 Å². The van der Waals surface area contributed by atoms with Crippen molar-refractivity contribution in [2.45, 2.75) is 33.1 Å². The maximum absolute atomic E-state index is 12.1. The Morgan fingerprint density at radius 2 is 1.68 bits per heavy atom. The van der Waals surface area contributed by atoms with Crippen LogP contribution in [0.4, 0.5) is 10.5 Å². The van der Waals surface area contributed by atoms with Gasteiger partial charge in [-0.15, -0.1) is 0 Å². The summed E-state index contributed by atoms with van der Waals surface area (Å²) >= 11 is 0. The number of urea groups is 1. The van der Waals surface area contributed by atoms with Crippen molar-refractivity contribution in [3.63, 3.8) is 0 Å². The van der Waals surface area contributed by atoms with Gasteiger partial charge in [-0.2, -0.15) is 0 Å². The predicted octanol–water partition coefficient (Wildman–Crippen LogP) is 2.73. The van der Waals surface area contributed by atoms with E-state index in [1.165, 1.54) is 0 Å². The van der Waals surface area contributed by atoms with Gasteiger partial charge in [0.1, 0.15) is 0 Å². The van der Waals surface area contributed by atoms with Crippen molar-refractivity contribution in [1.82, 2.24) is 9.80 Å². The highest BCUT2D eigenvalue weighted by Crippen LogP contribution is 2.14. The number of nitrogens with zero attached hydrogens (tertiary/aromatic N) is 2. The zero-order chi connectivity index (χ0) is 15.9. The molecule has 0 atom stereocenters. The standard InChI is InChI=1S/C17H25N3O2/c1-3-19(4-2)17(22)18-15-9-7-14(8-10-15)13-16(21)20-11-5-6-12-20/h7-10H,3-6,11-13H2,1-2H3,(H,18,22). The highest BCUT2D eigenvalue weighted by molar-refractivity contribution is 5.89. The molecule has 0 bridgehead atoms. The fourth-order valence-corrected chi connectivity index (χ4v) is 2.67. The molecule has 0 aliphatic carbocycles. The molecule has 1 aliphatic rings. The van der Waals surface area contributed by atoms with E-state index < -0.39 is 0 Å². The van der Waals surface area contributed by atoms with Crippen LogP contribution >= 0.6 is 0 Å². The Labute approximate surface area is 132 Å². The van der Waals surface area contributed by atoms with Crippen molar-refractivity contribution < 1.29 is 9.59 Å². The van der Waals surface area contributed by atoms with Crippen LogP contribution in [-0.4, -0.2) is 47.9 Å². The maximum atomic E-state index is 12.1. The fraction of sp³-hybridized carbons (Fsp3) is 0.529. The first-order valence-electron chi connectivity index (χ1n) is 8.06. The van der Waals surface area contributed by atoms with Gasteiger partial charge < -0.3 is 15.1 Å². The number of hydrogen-bond donors (Lipinski definition) is 1. The molecule has 1 aromatic carbocycles. The van der Waals surface area contributed by atoms with E-state index >= 15 is 0 Å². The Morgan fingerprint density at radius 3 is 2.23 bits per heavy atom. The molecule has 3 amide bonds. The van der Waals surface area contributed by atoms with Gasteiger partial charge >= 0.3 is 6.03 Å². The number of hydrogen-bond acceptors (Lipinski definition) is 2. The molecular weight excluding hydrogens is 278 g/mol. The van der Waals surface area contributed by atoms with E-state index in [2.05, 4.69) is 5.32 Å². The first-order chi connectivity index (χ1) is 10.6. The van der Waals surface area contributed by atoms with Crippen LogP contribution in [0.15, 0.2) is 24.3 Å². The molecule has 2 rings (SSSR count). The summed E-state index contributed by atoms with van der Waals surface area (Å²) in [5.74, 6) is 0.192. The van der Waals surface area contributed by atoms with Gasteiger partial charge in [0.15, 0.2) is 0 Å². The summed E-state index contributed by atoms with van der Waals surface area (Å²) in [4.78, 5) is 27.7. The molecule has 1 saturated heterocycles. The summed E-state index contributed by atoms with van der Waals surface area (Å²) in [7, 11) is 0. The van der Waals surface area contributed by atoms with Gasteiger partial charge in [-0.3, -0.25) is 4.79 Å². The Balaban J connectivity index is 1.89. The molecule has 1 fully saturated rings. The lowest BCUT2D eigenvalue weighted by Crippen LogP contribution is -2.34. The average Bonchev–Trinajstić information content (AvgIpc) is 3.05. The molecule has 0 aromatic heterocycles. The molecule has 22 heavy (non-hydrogen) atoms. The van der Waals surface area contributed by atoms with Crippen molar-refractivity contribution >= 4 is 17.6 Å². The molecule has 0 saturated carbocycles. The molecule has 0 spiro atoms. The van der Waals surface area contributed by atoms with E-state index in [1.54, 1.807) is 4.90 Å². The quantitative estimate of drug-likeness (QED) is 0.909. The van der Waals surface area contributed by atoms with Gasteiger partial charge in [0.2, 0.25) is 5.91 Å². The van der Waals surface area contributed by atoms with Crippen LogP contribution < -0.4 is 5.32 Å². The van der Waals surface area contributed by atoms with E-state index in [9.17, 15) is 9.59 Å². The lowest BCUT2D eigenvalue weighted by molar-refractivity contribution is -0.129. The van der Waals surface area contributed by atoms with E-state index in [1.807, 2.05) is 43.0 Å². The number of rotatable bonds is 5. The summed E-state index contributed by atoms with van der Waals surface area (Å²) < 4.78 is 0. The first-order valence-corrected chi connectivity index (χ1v) is 8.06. The summed E-state index contributed by atoms with van der Waals surface area (Å²) in [5, 5.41) is 2.87. The van der Waals surface area contributed by atoms with E-state index in [-0.39, 0.29) is 11.9 Å². The minimum absolute atomic E-state index is 0.0918. The van der Waals surface area contributed by atoms with E-state index in [0.29, 0.717) is 19.5 Å². The highest BCUT2D eigenvalue weighted by Gasteiger charge is 2.17. The third-order valence-corrected chi connectivity index (χ3v) is 4.07. The number of benzene rings is 1. The SMILES string of the molecule is CCN(CC)C(=O)Nc1ccc(CC(=O)N2CCCC2)cc1. The molecule has 1 heterocycles. The van der Waals surface area contributed by atoms with Crippen molar-refractivity contribution in [3.05, 3.63) is 29.8 Å². The summed E-state index contributed by atoms with van der Waals surface area (Å²) in [6, 6.07) is 7.44. The molecule has 1 aliphatic heterocycles. The lowest BCUT2D eigenvalue weighted by atomic mass is 10.1. The monoisotopic (exact) mass is 303 g/mol. The fourth-order valence-electron chi connectivity index (χ4n) is 2.67. The summed E-state index contributed by atoms with van der Waals surface area (Å²) in [6.45, 7) is 7.05. The zero-order valence-corrected chi connectivity index (χ0v) is 13.5. The van der Waals surface area contributed by atoms with Crippen molar-refractivity contribution in [3.8, 4) is 0 Å². The number of anilines is 1. The van der Waals surface area contributed by atoms with Crippen LogP contribution in [0, 0.1) is 0 Å². The largest absolute Gasteiger partial charge is 0.342 e. The second-order valence-corrected chi connectivity index (χ2v) is 5.56. The number of nitrogens with one attached hydrogen (secondary N) is 1. The van der Waals surface area contributed by atoms with Gasteiger partial charge in [0, 0.05) is 31.9 Å². The van der Waals surface area contributed by atoms with Crippen LogP contribution in [0.2, 0.25) is 0 Å². The Bertz CT molecular complexity index is 468. The number of carbonyl (C=O) groups is 2. The van der Waals surface area contributed by atoms with Crippen LogP contribution in [0.25, 0.3) is 0 Å². The smallest absolute Gasteiger partial charge is 0.321 e. The second kappa shape index (κ2) is 7.82. The van der Waals surface area contributed by atoms with Crippen LogP contribution in [0.5, 0.6) is 0 Å². The minimum atomic E-state index is -0.0918. The molecule has 1 N–H and O–H groups in total. The maximum Gasteiger partial charge on any atom is 0.321 e. The molecule has 1 aromatic rings. The third-order valence-electron chi connectivity index (χ3n) is 4.07. The molecule has 0 radical (unpaired) electrons. The predicted molar refractivity (Wildman–Crippen MR) is 87.9 cm³/mol. The molecule has 5 nitrogen and oxygen atoms in total. The third kappa shape index (κ3) is 4.23. The normalized spacial score (nSPS) is 14.0. The molecule has 120 valence electrons. The topological polar surface area (TPSA) is 52.7 Å². The number of amides is 3. The van der Waals surface area contributed by atoms with Gasteiger partial charge in [0.25, 0.3) is 0 Å². The van der Waals surface area contributed by atoms with Gasteiger partial charge in [0.05, 0.1) is 6.42 Å². The Kier molecular flexibility index (Phi) is 5.81. The van der Waals surface area contributed by atoms with E-state index in [0.717, 1.165) is 37.2 Å². The van der Waals surface area contributed by atoms with Gasteiger partial charge in [-0.25, -0.2) is 4.79 Å². The Hall–Kier alpha value is -2.04.